The number of nitrogens with zero attached hydrogens (tertiary/aromatic N) is 1. The van der Waals surface area contributed by atoms with E-state index in [-0.39, 0.29) is 49.6 Å². The van der Waals surface area contributed by atoms with E-state index >= 15 is 0 Å². The number of aromatic nitrogens is 2. The molecule has 5 N–H and O–H groups in total. The van der Waals surface area contributed by atoms with Crippen LogP contribution in [0.1, 0.15) is 18.0 Å². The van der Waals surface area contributed by atoms with E-state index < -0.39 is 12.1 Å². The van der Waals surface area contributed by atoms with E-state index in [0.29, 0.717) is 11.4 Å². The number of carbonyl (C=O) groups excluding carboxylic acids is 2. The van der Waals surface area contributed by atoms with Crippen LogP contribution in [-0.4, -0.2) is 41.8 Å². The van der Waals surface area contributed by atoms with Crippen LogP contribution in [0.2, 0.25) is 0 Å². The topological polar surface area (TPSA) is 122 Å². The Morgan fingerprint density at radius 1 is 1.23 bits per heavy atom. The number of hydrogen-bond acceptors (Lipinski definition) is 5. The molecule has 0 aliphatic carbocycles. The summed E-state index contributed by atoms with van der Waals surface area (Å²) in [5.41, 5.74) is 6.20. The Hall–Kier alpha value is -2.13. The van der Waals surface area contributed by atoms with E-state index in [2.05, 4.69) is 20.8 Å². The quantitative estimate of drug-likeness (QED) is 0.530. The van der Waals surface area contributed by atoms with E-state index in [4.69, 9.17) is 10.5 Å². The molecule has 2 amide bonds. The molecule has 2 unspecified atom stereocenters. The third-order valence-corrected chi connectivity index (χ3v) is 3.47. The molecular weight excluding hydrogens is 381 g/mol. The highest BCUT2D eigenvalue weighted by Crippen LogP contribution is 2.15. The summed E-state index contributed by atoms with van der Waals surface area (Å²) in [7, 11) is 1.49. The lowest BCUT2D eigenvalue weighted by Gasteiger charge is -2.20. The number of H-pyrrole nitrogens is 1. The summed E-state index contributed by atoms with van der Waals surface area (Å²) in [6, 6.07) is 9.77. The number of methoxy groups -OCH3 is 1. The van der Waals surface area contributed by atoms with E-state index in [0.717, 1.165) is 0 Å². The zero-order chi connectivity index (χ0) is 17.4. The first kappa shape index (κ1) is 23.9. The van der Waals surface area contributed by atoms with Gasteiger partial charge < -0.3 is 21.1 Å². The second-order valence-electron chi connectivity index (χ2n) is 5.17. The molecule has 0 saturated heterocycles. The lowest BCUT2D eigenvalue weighted by Crippen LogP contribution is -2.39. The molecule has 8 nitrogen and oxygen atoms in total. The molecule has 0 aliphatic rings. The smallest absolute Gasteiger partial charge is 0.252 e. The first-order valence-corrected chi connectivity index (χ1v) is 7.51. The molecule has 2 atom stereocenters. The summed E-state index contributed by atoms with van der Waals surface area (Å²) < 4.78 is 5.10. The largest absolute Gasteiger partial charge is 0.380 e. The van der Waals surface area contributed by atoms with Gasteiger partial charge in [-0.15, -0.1) is 24.8 Å². The fraction of sp³-hybridized carbons (Fsp3) is 0.312. The van der Waals surface area contributed by atoms with Gasteiger partial charge in [-0.3, -0.25) is 14.7 Å². The average molecular weight is 404 g/mol. The predicted octanol–water partition coefficient (Wildman–Crippen LogP) is 1.41. The van der Waals surface area contributed by atoms with Crippen molar-refractivity contribution in [3.8, 4) is 0 Å². The molecular formula is C16H23Cl2N5O3. The number of aromatic amines is 1. The molecule has 144 valence electrons. The molecule has 0 aliphatic heterocycles. The van der Waals surface area contributed by atoms with Crippen molar-refractivity contribution in [3.05, 3.63) is 48.2 Å². The Morgan fingerprint density at radius 3 is 2.46 bits per heavy atom. The number of benzene rings is 1. The SMILES string of the molecule is COC(CN)CC(=O)NC(C(=O)Nc1ccn[nH]1)c1ccccc1.Cl.Cl. The van der Waals surface area contributed by atoms with Gasteiger partial charge in [0.05, 0.1) is 18.7 Å². The maximum Gasteiger partial charge on any atom is 0.252 e. The number of anilines is 1. The minimum Gasteiger partial charge on any atom is -0.380 e. The van der Waals surface area contributed by atoms with Gasteiger partial charge in [-0.2, -0.15) is 5.10 Å². The van der Waals surface area contributed by atoms with Crippen molar-refractivity contribution < 1.29 is 14.3 Å². The molecule has 0 fully saturated rings. The zero-order valence-electron chi connectivity index (χ0n) is 14.2. The minimum atomic E-state index is -0.836. The lowest BCUT2D eigenvalue weighted by atomic mass is 10.1. The number of carbonyl (C=O) groups is 2. The van der Waals surface area contributed by atoms with Crippen molar-refractivity contribution in [3.63, 3.8) is 0 Å². The molecule has 0 saturated carbocycles. The molecule has 1 aromatic heterocycles. The average Bonchev–Trinajstić information content (AvgIpc) is 3.11. The second kappa shape index (κ2) is 12.3. The molecule has 0 bridgehead atoms. The monoisotopic (exact) mass is 403 g/mol. The van der Waals surface area contributed by atoms with Gasteiger partial charge in [0.2, 0.25) is 5.91 Å². The fourth-order valence-electron chi connectivity index (χ4n) is 2.17. The van der Waals surface area contributed by atoms with E-state index in [1.165, 1.54) is 13.3 Å². The molecule has 0 radical (unpaired) electrons. The number of amides is 2. The molecule has 1 heterocycles. The van der Waals surface area contributed by atoms with E-state index in [9.17, 15) is 9.59 Å². The van der Waals surface area contributed by atoms with Gasteiger partial charge in [-0.25, -0.2) is 0 Å². The summed E-state index contributed by atoms with van der Waals surface area (Å²) in [5, 5.41) is 11.8. The van der Waals surface area contributed by atoms with Gasteiger partial charge in [0.15, 0.2) is 0 Å². The van der Waals surface area contributed by atoms with Gasteiger partial charge >= 0.3 is 0 Å². The Morgan fingerprint density at radius 2 is 1.92 bits per heavy atom. The molecule has 2 aromatic rings. The highest BCUT2D eigenvalue weighted by molar-refractivity contribution is 5.97. The van der Waals surface area contributed by atoms with Crippen molar-refractivity contribution in [1.82, 2.24) is 15.5 Å². The van der Waals surface area contributed by atoms with Crippen LogP contribution in [0.15, 0.2) is 42.6 Å². The van der Waals surface area contributed by atoms with Crippen LogP contribution in [0.25, 0.3) is 0 Å². The third-order valence-electron chi connectivity index (χ3n) is 3.47. The maximum absolute atomic E-state index is 12.5. The van der Waals surface area contributed by atoms with Crippen LogP contribution in [0.3, 0.4) is 0 Å². The minimum absolute atomic E-state index is 0. The van der Waals surface area contributed by atoms with Crippen LogP contribution in [-0.2, 0) is 14.3 Å². The zero-order valence-corrected chi connectivity index (χ0v) is 15.8. The fourth-order valence-corrected chi connectivity index (χ4v) is 2.17. The summed E-state index contributed by atoms with van der Waals surface area (Å²) >= 11 is 0. The molecule has 2 rings (SSSR count). The first-order chi connectivity index (χ1) is 11.6. The Bertz CT molecular complexity index is 651. The van der Waals surface area contributed by atoms with E-state index in [1.807, 2.05) is 6.07 Å². The van der Waals surface area contributed by atoms with Gasteiger partial charge in [0, 0.05) is 19.7 Å². The number of hydrogen-bond donors (Lipinski definition) is 4. The number of rotatable bonds is 8. The normalized spacial score (nSPS) is 12.1. The summed E-state index contributed by atoms with van der Waals surface area (Å²) in [6.45, 7) is 0.222. The number of halogens is 2. The standard InChI is InChI=1S/C16H21N5O3.2ClH/c1-24-12(10-17)9-14(22)20-15(11-5-3-2-4-6-11)16(23)19-13-7-8-18-21-13;;/h2-8,12,15H,9-10,17H2,1H3,(H,20,22)(H2,18,19,21,23);2*1H. The Labute approximate surface area is 164 Å². The Kier molecular flexibility index (Phi) is 11.3. The number of ether oxygens (including phenoxy) is 1. The summed E-state index contributed by atoms with van der Waals surface area (Å²) in [4.78, 5) is 24.8. The highest BCUT2D eigenvalue weighted by atomic mass is 35.5. The predicted molar refractivity (Wildman–Crippen MR) is 104 cm³/mol. The van der Waals surface area contributed by atoms with Gasteiger partial charge in [-0.1, -0.05) is 30.3 Å². The van der Waals surface area contributed by atoms with Crippen LogP contribution in [0, 0.1) is 0 Å². The van der Waals surface area contributed by atoms with Crippen molar-refractivity contribution in [1.29, 1.82) is 0 Å². The number of nitrogens with two attached hydrogens (primary N) is 1. The maximum atomic E-state index is 12.5. The lowest BCUT2D eigenvalue weighted by molar-refractivity contribution is -0.128. The molecule has 10 heteroatoms. The van der Waals surface area contributed by atoms with Gasteiger partial charge in [0.1, 0.15) is 11.9 Å². The van der Waals surface area contributed by atoms with E-state index in [1.54, 1.807) is 30.3 Å². The third kappa shape index (κ3) is 7.01. The van der Waals surface area contributed by atoms with Gasteiger partial charge in [-0.05, 0) is 5.56 Å². The van der Waals surface area contributed by atoms with Crippen LogP contribution < -0.4 is 16.4 Å². The van der Waals surface area contributed by atoms with Crippen LogP contribution >= 0.6 is 24.8 Å². The second-order valence-corrected chi connectivity index (χ2v) is 5.17. The molecule has 0 spiro atoms. The number of nitrogens with one attached hydrogen (secondary N) is 3. The van der Waals surface area contributed by atoms with Crippen molar-refractivity contribution in [2.24, 2.45) is 5.73 Å². The summed E-state index contributed by atoms with van der Waals surface area (Å²) in [6.07, 6.45) is 1.21. The Balaban J connectivity index is 0.00000312. The van der Waals surface area contributed by atoms with Crippen molar-refractivity contribution in [2.75, 3.05) is 19.0 Å². The van der Waals surface area contributed by atoms with Gasteiger partial charge in [0.25, 0.3) is 5.91 Å². The van der Waals surface area contributed by atoms with Crippen LogP contribution in [0.5, 0.6) is 0 Å². The van der Waals surface area contributed by atoms with Crippen molar-refractivity contribution in [2.45, 2.75) is 18.6 Å². The first-order valence-electron chi connectivity index (χ1n) is 7.51. The molecule has 1 aromatic carbocycles. The highest BCUT2D eigenvalue weighted by Gasteiger charge is 2.24. The van der Waals surface area contributed by atoms with Crippen molar-refractivity contribution >= 4 is 42.4 Å². The van der Waals surface area contributed by atoms with Crippen LogP contribution in [0.4, 0.5) is 5.82 Å². The summed E-state index contributed by atoms with van der Waals surface area (Å²) in [5.74, 6) is -0.242. The molecule has 26 heavy (non-hydrogen) atoms.